The minimum Gasteiger partial charge on any atom is -0.508 e. The predicted octanol–water partition coefficient (Wildman–Crippen LogP) is 5.81. The Morgan fingerprint density at radius 3 is 1.64 bits per heavy atom. The van der Waals surface area contributed by atoms with Crippen molar-refractivity contribution in [3.8, 4) is 5.75 Å². The maximum Gasteiger partial charge on any atom is 0.271 e. The Kier molecular flexibility index (Phi) is 14.9. The Morgan fingerprint density at radius 2 is 1.12 bits per heavy atom. The zero-order valence-electron chi connectivity index (χ0n) is 20.3. The monoisotopic (exact) mass is 506 g/mol. The Bertz CT molecular complexity index is 865. The summed E-state index contributed by atoms with van der Waals surface area (Å²) < 4.78 is 59.8. The average Bonchev–Trinajstić information content (AvgIpc) is 2.74. The van der Waals surface area contributed by atoms with Crippen LogP contribution in [0.3, 0.4) is 0 Å². The molecular formula is C24H42O7S2. The molecule has 192 valence electrons. The van der Waals surface area contributed by atoms with Crippen LogP contribution in [0.5, 0.6) is 5.75 Å². The first-order valence-electron chi connectivity index (χ1n) is 12.2. The highest BCUT2D eigenvalue weighted by Crippen LogP contribution is 2.26. The van der Waals surface area contributed by atoms with Gasteiger partial charge in [0.1, 0.15) is 17.3 Å². The van der Waals surface area contributed by atoms with Gasteiger partial charge in [0.05, 0.1) is 13.2 Å². The summed E-state index contributed by atoms with van der Waals surface area (Å²) in [5.41, 5.74) is 0.233. The van der Waals surface area contributed by atoms with E-state index >= 15 is 0 Å². The Hall–Kier alpha value is -1.16. The smallest absolute Gasteiger partial charge is 0.271 e. The maximum atomic E-state index is 12.4. The van der Waals surface area contributed by atoms with E-state index in [2.05, 4.69) is 13.8 Å². The Balaban J connectivity index is 2.59. The van der Waals surface area contributed by atoms with Crippen LogP contribution in [-0.4, -0.2) is 35.2 Å². The number of rotatable bonds is 20. The molecule has 0 saturated carbocycles. The van der Waals surface area contributed by atoms with Crippen LogP contribution in [0, 0.1) is 0 Å². The van der Waals surface area contributed by atoms with E-state index in [4.69, 9.17) is 8.37 Å². The number of aromatic hydroxyl groups is 1. The van der Waals surface area contributed by atoms with Crippen molar-refractivity contribution in [1.29, 1.82) is 0 Å². The van der Waals surface area contributed by atoms with Gasteiger partial charge in [-0.3, -0.25) is 8.37 Å². The molecule has 0 spiro atoms. The van der Waals surface area contributed by atoms with E-state index in [-0.39, 0.29) is 30.1 Å². The summed E-state index contributed by atoms with van der Waals surface area (Å²) in [6, 6.07) is 4.32. The van der Waals surface area contributed by atoms with Crippen molar-refractivity contribution in [1.82, 2.24) is 0 Å². The van der Waals surface area contributed by atoms with Crippen LogP contribution in [0.1, 0.15) is 102 Å². The van der Waals surface area contributed by atoms with Gasteiger partial charge in [0, 0.05) is 5.56 Å². The van der Waals surface area contributed by atoms with Crippen molar-refractivity contribution in [2.75, 3.05) is 13.2 Å². The molecule has 0 unspecified atom stereocenters. The molecule has 0 saturated heterocycles. The van der Waals surface area contributed by atoms with Crippen LogP contribution >= 0.6 is 0 Å². The summed E-state index contributed by atoms with van der Waals surface area (Å²) >= 11 is 0. The lowest BCUT2D eigenvalue weighted by Gasteiger charge is -2.13. The maximum absolute atomic E-state index is 12.4. The van der Waals surface area contributed by atoms with Gasteiger partial charge in [0.2, 0.25) is 0 Å². The largest absolute Gasteiger partial charge is 0.508 e. The Labute approximate surface area is 201 Å². The second-order valence-corrected chi connectivity index (χ2v) is 11.8. The van der Waals surface area contributed by atoms with Gasteiger partial charge in [-0.2, -0.15) is 16.8 Å². The minimum atomic E-state index is -3.96. The molecule has 33 heavy (non-hydrogen) atoms. The molecule has 0 aromatic heterocycles. The molecule has 9 heteroatoms. The SMILES string of the molecule is CCCCCCCCOS(=O)(=O)Cc1cccc(O)c1CS(=O)(=O)OCCCCCCCC. The van der Waals surface area contributed by atoms with E-state index in [0.29, 0.717) is 12.8 Å². The molecule has 1 N–H and O–H groups in total. The van der Waals surface area contributed by atoms with Gasteiger partial charge in [0.15, 0.2) is 0 Å². The van der Waals surface area contributed by atoms with E-state index in [1.807, 2.05) is 0 Å². The molecule has 7 nitrogen and oxygen atoms in total. The van der Waals surface area contributed by atoms with Crippen molar-refractivity contribution in [2.24, 2.45) is 0 Å². The highest BCUT2D eigenvalue weighted by molar-refractivity contribution is 7.86. The second kappa shape index (κ2) is 16.5. The fourth-order valence-corrected chi connectivity index (χ4v) is 5.76. The summed E-state index contributed by atoms with van der Waals surface area (Å²) in [6.07, 6.45) is 12.1. The lowest BCUT2D eigenvalue weighted by atomic mass is 10.1. The van der Waals surface area contributed by atoms with Crippen LogP contribution < -0.4 is 0 Å². The van der Waals surface area contributed by atoms with Gasteiger partial charge in [-0.1, -0.05) is 90.2 Å². The first-order chi connectivity index (χ1) is 15.7. The molecule has 0 aliphatic carbocycles. The number of unbranched alkanes of at least 4 members (excludes halogenated alkanes) is 10. The molecule has 0 atom stereocenters. The molecule has 1 aromatic carbocycles. The van der Waals surface area contributed by atoms with Gasteiger partial charge in [-0.25, -0.2) is 0 Å². The molecule has 0 aliphatic rings. The van der Waals surface area contributed by atoms with E-state index in [1.54, 1.807) is 0 Å². The molecule has 0 fully saturated rings. The zero-order chi connectivity index (χ0) is 24.6. The predicted molar refractivity (Wildman–Crippen MR) is 132 cm³/mol. The molecule has 1 rings (SSSR count). The van der Waals surface area contributed by atoms with E-state index in [9.17, 15) is 21.9 Å². The quantitative estimate of drug-likeness (QED) is 0.176. The minimum absolute atomic E-state index is 0.0344. The fourth-order valence-electron chi connectivity index (χ4n) is 3.51. The fraction of sp³-hybridized carbons (Fsp3) is 0.750. The van der Waals surface area contributed by atoms with E-state index < -0.39 is 31.7 Å². The number of phenolic OH excluding ortho intramolecular Hbond substituents is 1. The number of hydrogen-bond donors (Lipinski definition) is 1. The number of benzene rings is 1. The zero-order valence-corrected chi connectivity index (χ0v) is 21.9. The van der Waals surface area contributed by atoms with Gasteiger partial charge in [-0.05, 0) is 24.5 Å². The molecule has 0 heterocycles. The molecule has 0 bridgehead atoms. The highest BCUT2D eigenvalue weighted by atomic mass is 32.2. The Morgan fingerprint density at radius 1 is 0.667 bits per heavy atom. The summed E-state index contributed by atoms with van der Waals surface area (Å²) in [5, 5.41) is 10.2. The molecule has 0 radical (unpaired) electrons. The van der Waals surface area contributed by atoms with Crippen LogP contribution in [0.2, 0.25) is 0 Å². The summed E-state index contributed by atoms with van der Waals surface area (Å²) in [6.45, 7) is 4.45. The van der Waals surface area contributed by atoms with Crippen molar-refractivity contribution in [3.63, 3.8) is 0 Å². The molecule has 0 amide bonds. The van der Waals surface area contributed by atoms with Crippen molar-refractivity contribution < 1.29 is 30.3 Å². The summed E-state index contributed by atoms with van der Waals surface area (Å²) in [7, 11) is -7.87. The van der Waals surface area contributed by atoms with E-state index in [0.717, 1.165) is 51.4 Å². The third-order valence-electron chi connectivity index (χ3n) is 5.42. The third kappa shape index (κ3) is 14.0. The van der Waals surface area contributed by atoms with Crippen LogP contribution in [0.25, 0.3) is 0 Å². The first kappa shape index (κ1) is 29.9. The highest BCUT2D eigenvalue weighted by Gasteiger charge is 2.22. The lowest BCUT2D eigenvalue weighted by Crippen LogP contribution is -2.15. The second-order valence-electron chi connectivity index (χ2n) is 8.50. The van der Waals surface area contributed by atoms with Crippen molar-refractivity contribution in [2.45, 2.75) is 102 Å². The van der Waals surface area contributed by atoms with Crippen LogP contribution in [0.15, 0.2) is 18.2 Å². The summed E-state index contributed by atoms with van der Waals surface area (Å²) in [5.74, 6) is -1.36. The third-order valence-corrected chi connectivity index (χ3v) is 7.78. The lowest BCUT2D eigenvalue weighted by molar-refractivity contribution is 0.303. The standard InChI is InChI=1S/C24H42O7S2/c1-3-5-7-9-11-13-18-30-32(26,27)20-22-16-15-17-24(25)23(22)21-33(28,29)31-19-14-12-10-8-6-4-2/h15-17,25H,3-14,18-21H2,1-2H3. The van der Waals surface area contributed by atoms with Gasteiger partial charge >= 0.3 is 0 Å². The van der Waals surface area contributed by atoms with Gasteiger partial charge < -0.3 is 5.11 Å². The molecular weight excluding hydrogens is 464 g/mol. The molecule has 0 aliphatic heterocycles. The first-order valence-corrected chi connectivity index (χ1v) is 15.4. The van der Waals surface area contributed by atoms with Crippen molar-refractivity contribution >= 4 is 20.2 Å². The number of hydrogen-bond acceptors (Lipinski definition) is 7. The number of phenols is 1. The topological polar surface area (TPSA) is 107 Å². The van der Waals surface area contributed by atoms with E-state index in [1.165, 1.54) is 31.0 Å². The average molecular weight is 507 g/mol. The normalized spacial score (nSPS) is 12.3. The van der Waals surface area contributed by atoms with Crippen LogP contribution in [-0.2, 0) is 40.1 Å². The molecule has 1 aromatic rings. The summed E-state index contributed by atoms with van der Waals surface area (Å²) in [4.78, 5) is 0. The van der Waals surface area contributed by atoms with Crippen molar-refractivity contribution in [3.05, 3.63) is 29.3 Å². The van der Waals surface area contributed by atoms with Gasteiger partial charge in [-0.15, -0.1) is 0 Å². The van der Waals surface area contributed by atoms with Crippen LogP contribution in [0.4, 0.5) is 0 Å². The van der Waals surface area contributed by atoms with Gasteiger partial charge in [0.25, 0.3) is 20.2 Å².